The molecule has 0 atom stereocenters. The molecule has 0 aromatic rings. The molecule has 124 valence electrons. The molecule has 6 nitrogen and oxygen atoms in total. The highest BCUT2D eigenvalue weighted by Gasteiger charge is 2.18. The molecule has 2 saturated heterocycles. The lowest BCUT2D eigenvalue weighted by Gasteiger charge is -2.36. The Balaban J connectivity index is 1.51. The van der Waals surface area contributed by atoms with E-state index in [-0.39, 0.29) is 13.2 Å². The average Bonchev–Trinajstić information content (AvgIpc) is 2.51. The van der Waals surface area contributed by atoms with Crippen LogP contribution in [-0.4, -0.2) is 122 Å². The molecule has 2 N–H and O–H groups in total. The summed E-state index contributed by atoms with van der Waals surface area (Å²) in [4.78, 5) is 9.79. The van der Waals surface area contributed by atoms with E-state index in [0.29, 0.717) is 0 Å². The highest BCUT2D eigenvalue weighted by atomic mass is 16.3. The molecule has 0 radical (unpaired) electrons. The first-order valence-electron chi connectivity index (χ1n) is 8.43. The van der Waals surface area contributed by atoms with Crippen LogP contribution in [0.2, 0.25) is 0 Å². The number of nitrogens with zero attached hydrogens (tertiary/aromatic N) is 4. The van der Waals surface area contributed by atoms with Gasteiger partial charge in [-0.3, -0.25) is 9.80 Å². The van der Waals surface area contributed by atoms with Crippen LogP contribution in [0.25, 0.3) is 0 Å². The molecule has 0 spiro atoms. The van der Waals surface area contributed by atoms with Gasteiger partial charge in [0.05, 0.1) is 13.2 Å². The fourth-order valence-electron chi connectivity index (χ4n) is 3.27. The van der Waals surface area contributed by atoms with Crippen molar-refractivity contribution in [2.75, 3.05) is 91.8 Å². The lowest BCUT2D eigenvalue weighted by atomic mass is 10.2. The maximum Gasteiger partial charge on any atom is 0.0558 e. The maximum atomic E-state index is 8.94. The summed E-state index contributed by atoms with van der Waals surface area (Å²) in [5.41, 5.74) is 0. The minimum absolute atomic E-state index is 0.280. The Morgan fingerprint density at radius 1 is 0.476 bits per heavy atom. The summed E-state index contributed by atoms with van der Waals surface area (Å²) in [6.07, 6.45) is 1.25. The van der Waals surface area contributed by atoms with Gasteiger partial charge < -0.3 is 20.0 Å². The molecular weight excluding hydrogens is 268 g/mol. The molecule has 6 heteroatoms. The van der Waals surface area contributed by atoms with Gasteiger partial charge >= 0.3 is 0 Å². The van der Waals surface area contributed by atoms with Crippen LogP contribution < -0.4 is 0 Å². The molecular formula is C15H32N4O2. The zero-order chi connectivity index (χ0) is 14.9. The maximum absolute atomic E-state index is 8.94. The molecule has 0 aromatic carbocycles. The Labute approximate surface area is 128 Å². The Bertz CT molecular complexity index is 238. The van der Waals surface area contributed by atoms with Gasteiger partial charge in [-0.15, -0.1) is 0 Å². The summed E-state index contributed by atoms with van der Waals surface area (Å²) in [5.74, 6) is 0. The van der Waals surface area contributed by atoms with E-state index in [0.717, 1.165) is 65.4 Å². The molecule has 2 rings (SSSR count). The summed E-state index contributed by atoms with van der Waals surface area (Å²) in [6.45, 7) is 13.6. The van der Waals surface area contributed by atoms with Crippen LogP contribution in [0.5, 0.6) is 0 Å². The SMILES string of the molecule is OCCN1CCN(CCCN2CCN(CCO)CC2)CC1. The van der Waals surface area contributed by atoms with Crippen molar-refractivity contribution in [3.63, 3.8) is 0 Å². The number of hydrogen-bond acceptors (Lipinski definition) is 6. The largest absolute Gasteiger partial charge is 0.395 e. The van der Waals surface area contributed by atoms with Gasteiger partial charge in [0.1, 0.15) is 0 Å². The van der Waals surface area contributed by atoms with Gasteiger partial charge in [-0.05, 0) is 19.5 Å². The molecule has 21 heavy (non-hydrogen) atoms. The van der Waals surface area contributed by atoms with Crippen molar-refractivity contribution in [3.05, 3.63) is 0 Å². The van der Waals surface area contributed by atoms with Gasteiger partial charge in [0.15, 0.2) is 0 Å². The summed E-state index contributed by atoms with van der Waals surface area (Å²) < 4.78 is 0. The first-order chi connectivity index (χ1) is 10.3. The molecule has 0 amide bonds. The van der Waals surface area contributed by atoms with E-state index >= 15 is 0 Å². The van der Waals surface area contributed by atoms with Crippen molar-refractivity contribution < 1.29 is 10.2 Å². The van der Waals surface area contributed by atoms with Gasteiger partial charge in [-0.1, -0.05) is 0 Å². The Morgan fingerprint density at radius 3 is 1.05 bits per heavy atom. The summed E-state index contributed by atoms with van der Waals surface area (Å²) in [6, 6.07) is 0. The molecule has 0 aromatic heterocycles. The van der Waals surface area contributed by atoms with E-state index in [2.05, 4.69) is 19.6 Å². The van der Waals surface area contributed by atoms with Crippen molar-refractivity contribution in [2.45, 2.75) is 6.42 Å². The third kappa shape index (κ3) is 6.18. The molecule has 0 saturated carbocycles. The monoisotopic (exact) mass is 300 g/mol. The second-order valence-electron chi connectivity index (χ2n) is 6.17. The molecule has 2 aliphatic heterocycles. The molecule has 0 unspecified atom stereocenters. The van der Waals surface area contributed by atoms with Crippen molar-refractivity contribution >= 4 is 0 Å². The van der Waals surface area contributed by atoms with Crippen molar-refractivity contribution in [1.82, 2.24) is 19.6 Å². The third-order valence-electron chi connectivity index (χ3n) is 4.71. The zero-order valence-corrected chi connectivity index (χ0v) is 13.3. The summed E-state index contributed by atoms with van der Waals surface area (Å²) in [5, 5.41) is 17.9. The van der Waals surface area contributed by atoms with Crippen LogP contribution in [0.3, 0.4) is 0 Å². The lowest BCUT2D eigenvalue weighted by Crippen LogP contribution is -2.49. The average molecular weight is 300 g/mol. The van der Waals surface area contributed by atoms with Crippen LogP contribution in [0.15, 0.2) is 0 Å². The first kappa shape index (κ1) is 17.1. The normalized spacial score (nSPS) is 23.7. The smallest absolute Gasteiger partial charge is 0.0558 e. The van der Waals surface area contributed by atoms with Crippen molar-refractivity contribution in [1.29, 1.82) is 0 Å². The highest BCUT2D eigenvalue weighted by Crippen LogP contribution is 2.05. The third-order valence-corrected chi connectivity index (χ3v) is 4.71. The van der Waals surface area contributed by atoms with Gasteiger partial charge in [-0.25, -0.2) is 0 Å². The van der Waals surface area contributed by atoms with Crippen LogP contribution >= 0.6 is 0 Å². The predicted octanol–water partition coefficient (Wildman–Crippen LogP) is -1.40. The number of aliphatic hydroxyl groups excluding tert-OH is 2. The number of β-amino-alcohol motifs (C(OH)–C–C–N with tert-alkyl or cyclic N) is 2. The lowest BCUT2D eigenvalue weighted by molar-refractivity contribution is 0.0954. The number of rotatable bonds is 8. The minimum Gasteiger partial charge on any atom is -0.395 e. The number of aliphatic hydroxyl groups is 2. The Morgan fingerprint density at radius 2 is 0.762 bits per heavy atom. The predicted molar refractivity (Wildman–Crippen MR) is 84.5 cm³/mol. The first-order valence-corrected chi connectivity index (χ1v) is 8.43. The molecule has 2 fully saturated rings. The van der Waals surface area contributed by atoms with Crippen LogP contribution in [0, 0.1) is 0 Å². The second-order valence-corrected chi connectivity index (χ2v) is 6.17. The van der Waals surface area contributed by atoms with E-state index in [1.807, 2.05) is 0 Å². The number of hydrogen-bond donors (Lipinski definition) is 2. The van der Waals surface area contributed by atoms with Crippen LogP contribution in [-0.2, 0) is 0 Å². The molecule has 0 aliphatic carbocycles. The van der Waals surface area contributed by atoms with Crippen molar-refractivity contribution in [2.24, 2.45) is 0 Å². The fourth-order valence-corrected chi connectivity index (χ4v) is 3.27. The standard InChI is InChI=1S/C15H32N4O2/c20-14-12-18-8-4-16(5-9-18)2-1-3-17-6-10-19(11-7-17)13-15-21/h20-21H,1-15H2. The highest BCUT2D eigenvalue weighted by molar-refractivity contribution is 4.74. The molecule has 0 bridgehead atoms. The number of piperazine rings is 2. The van der Waals surface area contributed by atoms with Gasteiger partial charge in [0.25, 0.3) is 0 Å². The van der Waals surface area contributed by atoms with Crippen LogP contribution in [0.1, 0.15) is 6.42 Å². The topological polar surface area (TPSA) is 53.4 Å². The molecule has 2 heterocycles. The summed E-state index contributed by atoms with van der Waals surface area (Å²) in [7, 11) is 0. The fraction of sp³-hybridized carbons (Fsp3) is 1.00. The Hall–Kier alpha value is -0.240. The van der Waals surface area contributed by atoms with E-state index in [1.165, 1.54) is 19.5 Å². The zero-order valence-electron chi connectivity index (χ0n) is 13.3. The van der Waals surface area contributed by atoms with Crippen LogP contribution in [0.4, 0.5) is 0 Å². The minimum atomic E-state index is 0.280. The van der Waals surface area contributed by atoms with Crippen molar-refractivity contribution in [3.8, 4) is 0 Å². The second kappa shape index (κ2) is 9.71. The van der Waals surface area contributed by atoms with Gasteiger partial charge in [0.2, 0.25) is 0 Å². The quantitative estimate of drug-likeness (QED) is 0.575. The Kier molecular flexibility index (Phi) is 7.92. The van der Waals surface area contributed by atoms with E-state index in [9.17, 15) is 0 Å². The van der Waals surface area contributed by atoms with E-state index in [4.69, 9.17) is 10.2 Å². The van der Waals surface area contributed by atoms with Gasteiger partial charge in [-0.2, -0.15) is 0 Å². The van der Waals surface area contributed by atoms with Gasteiger partial charge in [0, 0.05) is 65.4 Å². The van der Waals surface area contributed by atoms with E-state index in [1.54, 1.807) is 0 Å². The van der Waals surface area contributed by atoms with E-state index < -0.39 is 0 Å². The molecule has 2 aliphatic rings. The summed E-state index contributed by atoms with van der Waals surface area (Å²) >= 11 is 0.